The Kier molecular flexibility index (Phi) is 3.79. The third kappa shape index (κ3) is 2.72. The van der Waals surface area contributed by atoms with Gasteiger partial charge < -0.3 is 9.67 Å². The Bertz CT molecular complexity index is 722. The normalized spacial score (nSPS) is 15.9. The first-order valence-electron chi connectivity index (χ1n) is 6.81. The molecule has 3 rings (SSSR count). The molecular formula is C14H17N3O3S. The van der Waals surface area contributed by atoms with Gasteiger partial charge >= 0.3 is 0 Å². The summed E-state index contributed by atoms with van der Waals surface area (Å²) >= 11 is 0. The summed E-state index contributed by atoms with van der Waals surface area (Å²) in [5.74, 6) is 0.765. The molecule has 2 aromatic rings. The molecule has 21 heavy (non-hydrogen) atoms. The summed E-state index contributed by atoms with van der Waals surface area (Å²) in [6.45, 7) is 1.43. The van der Waals surface area contributed by atoms with Crippen LogP contribution in [0.1, 0.15) is 11.4 Å². The van der Waals surface area contributed by atoms with Crippen LogP contribution in [0.4, 0.5) is 0 Å². The monoisotopic (exact) mass is 307 g/mol. The summed E-state index contributed by atoms with van der Waals surface area (Å²) < 4.78 is 28.7. The van der Waals surface area contributed by atoms with Gasteiger partial charge in [0.05, 0.1) is 11.4 Å². The number of sulfonamides is 1. The van der Waals surface area contributed by atoms with Crippen LogP contribution in [0.25, 0.3) is 0 Å². The Morgan fingerprint density at radius 3 is 2.67 bits per heavy atom. The lowest BCUT2D eigenvalue weighted by atomic mass is 10.2. The predicted octanol–water partition coefficient (Wildman–Crippen LogP) is 0.622. The number of fused-ring (bicyclic) bond motifs is 1. The fourth-order valence-corrected chi connectivity index (χ4v) is 3.85. The number of aliphatic hydroxyl groups excluding tert-OH is 1. The average molecular weight is 307 g/mol. The molecule has 0 unspecified atom stereocenters. The maximum atomic E-state index is 12.6. The molecule has 0 atom stereocenters. The van der Waals surface area contributed by atoms with Gasteiger partial charge in [-0.3, -0.25) is 0 Å². The lowest BCUT2D eigenvalue weighted by Gasteiger charge is -2.27. The highest BCUT2D eigenvalue weighted by Crippen LogP contribution is 2.21. The van der Waals surface area contributed by atoms with Crippen LogP contribution >= 0.6 is 0 Å². The summed E-state index contributed by atoms with van der Waals surface area (Å²) in [5, 5.41) is 8.89. The van der Waals surface area contributed by atoms with Crippen LogP contribution < -0.4 is 0 Å². The second kappa shape index (κ2) is 5.59. The van der Waals surface area contributed by atoms with Crippen molar-refractivity contribution in [2.45, 2.75) is 24.4 Å². The minimum absolute atomic E-state index is 0.0564. The third-order valence-corrected chi connectivity index (χ3v) is 5.53. The van der Waals surface area contributed by atoms with Gasteiger partial charge in [-0.05, 0) is 24.1 Å². The van der Waals surface area contributed by atoms with Crippen molar-refractivity contribution < 1.29 is 13.5 Å². The second-order valence-electron chi connectivity index (χ2n) is 4.99. The van der Waals surface area contributed by atoms with Crippen molar-refractivity contribution in [3.05, 3.63) is 48.0 Å². The Labute approximate surface area is 123 Å². The predicted molar refractivity (Wildman–Crippen MR) is 77.1 cm³/mol. The van der Waals surface area contributed by atoms with Crippen LogP contribution in [-0.4, -0.2) is 40.5 Å². The van der Waals surface area contributed by atoms with Crippen molar-refractivity contribution >= 4 is 10.0 Å². The third-order valence-electron chi connectivity index (χ3n) is 3.67. The zero-order valence-corrected chi connectivity index (χ0v) is 12.3. The molecule has 0 fully saturated rings. The Morgan fingerprint density at radius 1 is 1.19 bits per heavy atom. The number of benzene rings is 1. The summed E-state index contributed by atoms with van der Waals surface area (Å²) in [6.07, 6.45) is 4.08. The lowest BCUT2D eigenvalue weighted by molar-refractivity contribution is 0.299. The summed E-state index contributed by atoms with van der Waals surface area (Å²) in [4.78, 5) is 4.46. The van der Waals surface area contributed by atoms with Gasteiger partial charge in [-0.2, -0.15) is 4.31 Å². The average Bonchev–Trinajstić information content (AvgIpc) is 2.95. The number of hydrogen-bond donors (Lipinski definition) is 1. The van der Waals surface area contributed by atoms with Crippen molar-refractivity contribution in [2.75, 3.05) is 13.2 Å². The number of rotatable bonds is 4. The highest BCUT2D eigenvalue weighted by atomic mass is 32.2. The molecule has 2 heterocycles. The van der Waals surface area contributed by atoms with E-state index in [0.717, 1.165) is 11.4 Å². The number of nitrogens with zero attached hydrogens (tertiary/aromatic N) is 3. The zero-order valence-electron chi connectivity index (χ0n) is 11.5. The zero-order chi connectivity index (χ0) is 14.9. The van der Waals surface area contributed by atoms with Crippen LogP contribution in [0.15, 0.2) is 41.6 Å². The largest absolute Gasteiger partial charge is 0.396 e. The van der Waals surface area contributed by atoms with Crippen LogP contribution in [0.2, 0.25) is 0 Å². The summed E-state index contributed by atoms with van der Waals surface area (Å²) in [6, 6.07) is 6.69. The van der Waals surface area contributed by atoms with E-state index in [2.05, 4.69) is 4.98 Å². The first-order chi connectivity index (χ1) is 10.1. The molecule has 1 aromatic heterocycles. The maximum absolute atomic E-state index is 12.6. The molecule has 1 N–H and O–H groups in total. The molecular weight excluding hydrogens is 290 g/mol. The first kappa shape index (κ1) is 14.2. The highest BCUT2D eigenvalue weighted by Gasteiger charge is 2.28. The molecule has 0 aliphatic carbocycles. The first-order valence-corrected chi connectivity index (χ1v) is 8.25. The molecule has 0 spiro atoms. The number of aliphatic hydroxyl groups is 1. The fraction of sp³-hybridized carbons (Fsp3) is 0.357. The quantitative estimate of drug-likeness (QED) is 0.898. The van der Waals surface area contributed by atoms with E-state index in [9.17, 15) is 8.42 Å². The molecule has 0 saturated carbocycles. The van der Waals surface area contributed by atoms with Crippen LogP contribution in [0.5, 0.6) is 0 Å². The van der Waals surface area contributed by atoms with Gasteiger partial charge in [0.1, 0.15) is 5.82 Å². The topological polar surface area (TPSA) is 75.4 Å². The van der Waals surface area contributed by atoms with Crippen molar-refractivity contribution in [3.8, 4) is 0 Å². The Balaban J connectivity index is 1.84. The van der Waals surface area contributed by atoms with E-state index in [1.165, 1.54) is 4.31 Å². The van der Waals surface area contributed by atoms with Gasteiger partial charge in [-0.1, -0.05) is 12.1 Å². The van der Waals surface area contributed by atoms with Crippen molar-refractivity contribution in [1.29, 1.82) is 0 Å². The molecule has 6 nitrogen and oxygen atoms in total. The number of hydrogen-bond acceptors (Lipinski definition) is 4. The molecule has 0 amide bonds. The van der Waals surface area contributed by atoms with E-state index in [1.807, 2.05) is 10.8 Å². The second-order valence-corrected chi connectivity index (χ2v) is 6.93. The smallest absolute Gasteiger partial charge is 0.243 e. The van der Waals surface area contributed by atoms with E-state index in [4.69, 9.17) is 5.11 Å². The van der Waals surface area contributed by atoms with Gasteiger partial charge in [-0.15, -0.1) is 0 Å². The van der Waals surface area contributed by atoms with E-state index in [1.54, 1.807) is 30.5 Å². The van der Waals surface area contributed by atoms with E-state index in [-0.39, 0.29) is 11.5 Å². The standard InChI is InChI=1S/C14H17N3O3S/c18-10-5-12-1-3-13(4-2-12)21(19,20)17-9-8-16-7-6-15-14(16)11-17/h1-4,6-7,18H,5,8-11H2. The van der Waals surface area contributed by atoms with Crippen LogP contribution in [0, 0.1) is 0 Å². The van der Waals surface area contributed by atoms with Crippen LogP contribution in [0.3, 0.4) is 0 Å². The van der Waals surface area contributed by atoms with Gasteiger partial charge in [0.25, 0.3) is 0 Å². The lowest BCUT2D eigenvalue weighted by Crippen LogP contribution is -2.38. The molecule has 0 bridgehead atoms. The van der Waals surface area contributed by atoms with Gasteiger partial charge in [-0.25, -0.2) is 13.4 Å². The summed E-state index contributed by atoms with van der Waals surface area (Å²) in [5.41, 5.74) is 0.922. The molecule has 1 aliphatic rings. The molecule has 0 saturated heterocycles. The Hall–Kier alpha value is -1.70. The van der Waals surface area contributed by atoms with Gasteiger partial charge in [0, 0.05) is 32.1 Å². The number of aromatic nitrogens is 2. The van der Waals surface area contributed by atoms with Crippen LogP contribution in [-0.2, 0) is 29.5 Å². The maximum Gasteiger partial charge on any atom is 0.243 e. The van der Waals surface area contributed by atoms with E-state index < -0.39 is 10.0 Å². The van der Waals surface area contributed by atoms with Gasteiger partial charge in [0.15, 0.2) is 0 Å². The highest BCUT2D eigenvalue weighted by molar-refractivity contribution is 7.89. The minimum Gasteiger partial charge on any atom is -0.396 e. The molecule has 112 valence electrons. The molecule has 0 radical (unpaired) electrons. The molecule has 1 aliphatic heterocycles. The van der Waals surface area contributed by atoms with Gasteiger partial charge in [0.2, 0.25) is 10.0 Å². The van der Waals surface area contributed by atoms with E-state index in [0.29, 0.717) is 26.1 Å². The Morgan fingerprint density at radius 2 is 1.95 bits per heavy atom. The minimum atomic E-state index is -3.50. The molecule has 1 aromatic carbocycles. The summed E-state index contributed by atoms with van der Waals surface area (Å²) in [7, 11) is -3.50. The number of imidazole rings is 1. The SMILES string of the molecule is O=S(=O)(c1ccc(CCO)cc1)N1CCn2ccnc2C1. The fourth-order valence-electron chi connectivity index (χ4n) is 2.46. The van der Waals surface area contributed by atoms with Crippen molar-refractivity contribution in [1.82, 2.24) is 13.9 Å². The van der Waals surface area contributed by atoms with Crippen molar-refractivity contribution in [3.63, 3.8) is 0 Å². The molecule has 7 heteroatoms. The van der Waals surface area contributed by atoms with E-state index >= 15 is 0 Å². The van der Waals surface area contributed by atoms with Crippen molar-refractivity contribution in [2.24, 2.45) is 0 Å².